The van der Waals surface area contributed by atoms with E-state index >= 15 is 0 Å². The van der Waals surface area contributed by atoms with Crippen molar-refractivity contribution in [2.75, 3.05) is 0 Å². The number of furan rings is 1. The van der Waals surface area contributed by atoms with Crippen molar-refractivity contribution in [1.29, 1.82) is 0 Å². The summed E-state index contributed by atoms with van der Waals surface area (Å²) in [6.07, 6.45) is 0.185. The van der Waals surface area contributed by atoms with E-state index in [1.165, 1.54) is 0 Å². The molecule has 0 unspecified atom stereocenters. The van der Waals surface area contributed by atoms with Crippen LogP contribution in [0, 0.1) is 0 Å². The number of para-hydroxylation sites is 1. The highest BCUT2D eigenvalue weighted by Gasteiger charge is 2.17. The summed E-state index contributed by atoms with van der Waals surface area (Å²) < 4.78 is 77.4. The normalized spacial score (nSPS) is 14.7. The molecule has 7 aromatic carbocycles. The van der Waals surface area contributed by atoms with E-state index in [9.17, 15) is 2.74 Å². The maximum Gasteiger partial charge on any atom is 0.135 e. The first-order valence-corrected chi connectivity index (χ1v) is 12.5. The highest BCUT2D eigenvalue weighted by atomic mass is 16.3. The highest BCUT2D eigenvalue weighted by molar-refractivity contribution is 6.17. The van der Waals surface area contributed by atoms with E-state index in [2.05, 4.69) is 0 Å². The molecular formula is C37H24O. The van der Waals surface area contributed by atoms with E-state index < -0.39 is 24.2 Å². The Hall–Kier alpha value is -4.88. The van der Waals surface area contributed by atoms with Gasteiger partial charge < -0.3 is 4.42 Å². The van der Waals surface area contributed by atoms with Crippen LogP contribution in [-0.2, 0) is 6.42 Å². The standard InChI is InChI=1S/C37H24O/c1-2-13-27-24(10-1)11-9-12-25(27)22-33-28-14-3-5-17-31(28)37(32-18-6-4-15-29(32)33)26-20-21-36-34(23-26)30-16-7-8-19-35(30)38-36/h1-21,23H,22H2/i3D,4D,5D,6D,14D,15D,17D,18D. The van der Waals surface area contributed by atoms with Crippen molar-refractivity contribution in [2.45, 2.75) is 6.42 Å². The molecule has 0 saturated heterocycles. The molecule has 0 radical (unpaired) electrons. The van der Waals surface area contributed by atoms with Crippen LogP contribution in [0.3, 0.4) is 0 Å². The predicted molar refractivity (Wildman–Crippen MR) is 161 cm³/mol. The zero-order valence-corrected chi connectivity index (χ0v) is 20.2. The van der Waals surface area contributed by atoms with Crippen molar-refractivity contribution < 1.29 is 15.4 Å². The van der Waals surface area contributed by atoms with Gasteiger partial charge in [0.1, 0.15) is 11.2 Å². The van der Waals surface area contributed by atoms with Gasteiger partial charge in [-0.15, -0.1) is 0 Å². The van der Waals surface area contributed by atoms with Crippen LogP contribution >= 0.6 is 0 Å². The quantitative estimate of drug-likeness (QED) is 0.224. The summed E-state index contributed by atoms with van der Waals surface area (Å²) in [4.78, 5) is 0. The second kappa shape index (κ2) is 8.33. The lowest BCUT2D eigenvalue weighted by molar-refractivity contribution is 0.669. The van der Waals surface area contributed by atoms with Gasteiger partial charge in [-0.3, -0.25) is 0 Å². The predicted octanol–water partition coefficient (Wildman–Crippen LogP) is 10.3. The van der Waals surface area contributed by atoms with Crippen LogP contribution in [0.1, 0.15) is 22.1 Å². The van der Waals surface area contributed by atoms with Crippen LogP contribution in [0.15, 0.2) is 138 Å². The molecule has 8 aromatic rings. The lowest BCUT2D eigenvalue weighted by Gasteiger charge is -2.18. The van der Waals surface area contributed by atoms with Gasteiger partial charge in [-0.1, -0.05) is 115 Å². The number of rotatable bonds is 3. The number of fused-ring (bicyclic) bond motifs is 6. The fourth-order valence-corrected chi connectivity index (χ4v) is 5.69. The van der Waals surface area contributed by atoms with E-state index in [1.54, 1.807) is 12.1 Å². The Bertz CT molecular complexity index is 2520. The van der Waals surface area contributed by atoms with Gasteiger partial charge in [-0.25, -0.2) is 0 Å². The Labute approximate surface area is 231 Å². The molecule has 0 amide bonds. The maximum atomic E-state index is 9.18. The van der Waals surface area contributed by atoms with Crippen LogP contribution < -0.4 is 0 Å². The zero-order valence-electron chi connectivity index (χ0n) is 28.2. The van der Waals surface area contributed by atoms with Gasteiger partial charge in [-0.2, -0.15) is 0 Å². The Morgan fingerprint density at radius 2 is 1.16 bits per heavy atom. The topological polar surface area (TPSA) is 13.1 Å². The first kappa shape index (κ1) is 14.8. The molecule has 0 spiro atoms. The Balaban J connectivity index is 1.60. The fraction of sp³-hybridized carbons (Fsp3) is 0.0270. The first-order valence-electron chi connectivity index (χ1n) is 16.5. The van der Waals surface area contributed by atoms with E-state index in [1.807, 2.05) is 72.8 Å². The van der Waals surface area contributed by atoms with Crippen molar-refractivity contribution in [3.63, 3.8) is 0 Å². The zero-order chi connectivity index (χ0) is 32.0. The monoisotopic (exact) mass is 492 g/mol. The molecule has 0 aliphatic heterocycles. The van der Waals surface area contributed by atoms with E-state index in [0.29, 0.717) is 27.9 Å². The lowest BCUT2D eigenvalue weighted by atomic mass is 9.85. The maximum absolute atomic E-state index is 9.18. The summed E-state index contributed by atoms with van der Waals surface area (Å²) in [6.45, 7) is 0. The van der Waals surface area contributed by atoms with E-state index in [0.717, 1.165) is 27.1 Å². The fourth-order valence-electron chi connectivity index (χ4n) is 5.69. The smallest absolute Gasteiger partial charge is 0.135 e. The third-order valence-electron chi connectivity index (χ3n) is 7.39. The van der Waals surface area contributed by atoms with Gasteiger partial charge in [-0.05, 0) is 79.2 Å². The van der Waals surface area contributed by atoms with Crippen molar-refractivity contribution in [3.8, 4) is 11.1 Å². The minimum Gasteiger partial charge on any atom is -0.456 e. The van der Waals surface area contributed by atoms with Crippen molar-refractivity contribution in [3.05, 3.63) is 144 Å². The van der Waals surface area contributed by atoms with Gasteiger partial charge in [0.15, 0.2) is 0 Å². The summed E-state index contributed by atoms with van der Waals surface area (Å²) in [5.74, 6) is 0. The van der Waals surface area contributed by atoms with Crippen LogP contribution in [0.5, 0.6) is 0 Å². The summed E-state index contributed by atoms with van der Waals surface area (Å²) in [6, 6.07) is 24.1. The van der Waals surface area contributed by atoms with E-state index in [4.69, 9.17) is 12.6 Å². The van der Waals surface area contributed by atoms with Gasteiger partial charge in [0.2, 0.25) is 0 Å². The highest BCUT2D eigenvalue weighted by Crippen LogP contribution is 2.42. The van der Waals surface area contributed by atoms with Crippen LogP contribution in [-0.4, -0.2) is 0 Å². The molecule has 0 aliphatic rings. The molecule has 1 nitrogen and oxygen atoms in total. The molecule has 1 heterocycles. The molecule has 0 fully saturated rings. The number of benzene rings is 7. The molecule has 38 heavy (non-hydrogen) atoms. The molecule has 1 heteroatoms. The van der Waals surface area contributed by atoms with E-state index in [-0.39, 0.29) is 52.1 Å². The summed E-state index contributed by atoms with van der Waals surface area (Å²) in [5, 5.41) is 4.51. The van der Waals surface area contributed by atoms with Crippen molar-refractivity contribution >= 4 is 54.3 Å². The second-order valence-corrected chi connectivity index (χ2v) is 9.48. The first-order chi connectivity index (χ1) is 22.2. The molecule has 178 valence electrons. The third-order valence-corrected chi connectivity index (χ3v) is 7.39. The van der Waals surface area contributed by atoms with Gasteiger partial charge in [0.25, 0.3) is 0 Å². The van der Waals surface area contributed by atoms with Crippen LogP contribution in [0.25, 0.3) is 65.4 Å². The molecule has 0 saturated carbocycles. The Morgan fingerprint density at radius 3 is 1.95 bits per heavy atom. The minimum atomic E-state index is -0.412. The number of hydrogen-bond donors (Lipinski definition) is 0. The summed E-state index contributed by atoms with van der Waals surface area (Å²) >= 11 is 0. The minimum absolute atomic E-state index is 0.185. The SMILES string of the molecule is [2H]c1c([2H])c([2H])c2c(-c3ccc4oc5ccccc5c4c3)c3c([2H])c([2H])c([2H])c([2H])c3c(Cc3cccc4ccccc34)c2c1[2H]. The Kier molecular flexibility index (Phi) is 3.23. The van der Waals surface area contributed by atoms with Crippen LogP contribution in [0.2, 0.25) is 0 Å². The average Bonchev–Trinajstić information content (AvgIpc) is 3.45. The van der Waals surface area contributed by atoms with Crippen LogP contribution in [0.4, 0.5) is 0 Å². The lowest BCUT2D eigenvalue weighted by Crippen LogP contribution is -1.96. The Morgan fingerprint density at radius 1 is 0.526 bits per heavy atom. The molecule has 1 aromatic heterocycles. The summed E-state index contributed by atoms with van der Waals surface area (Å²) in [7, 11) is 0. The molecule has 0 atom stereocenters. The molecular weight excluding hydrogens is 460 g/mol. The summed E-state index contributed by atoms with van der Waals surface area (Å²) in [5.41, 5.74) is 3.52. The largest absolute Gasteiger partial charge is 0.456 e. The molecule has 0 aliphatic carbocycles. The van der Waals surface area contributed by atoms with Gasteiger partial charge in [0, 0.05) is 10.8 Å². The van der Waals surface area contributed by atoms with Gasteiger partial charge >= 0.3 is 0 Å². The van der Waals surface area contributed by atoms with Gasteiger partial charge in [0.05, 0.1) is 11.0 Å². The van der Waals surface area contributed by atoms with Crippen molar-refractivity contribution in [2.24, 2.45) is 0 Å². The number of hydrogen-bond acceptors (Lipinski definition) is 1. The average molecular weight is 493 g/mol. The molecule has 0 N–H and O–H groups in total. The van der Waals surface area contributed by atoms with Crippen molar-refractivity contribution in [1.82, 2.24) is 0 Å². The molecule has 8 rings (SSSR count). The third kappa shape index (κ3) is 3.19. The second-order valence-electron chi connectivity index (χ2n) is 9.48. The molecule has 0 bridgehead atoms.